The molecule has 4 heteroatoms. The molecular weight excluding hydrogens is 248 g/mol. The van der Waals surface area contributed by atoms with Gasteiger partial charge in [-0.05, 0) is 43.4 Å². The molecule has 1 aliphatic carbocycles. The number of aryl methyl sites for hydroxylation is 1. The summed E-state index contributed by atoms with van der Waals surface area (Å²) < 4.78 is 0. The summed E-state index contributed by atoms with van der Waals surface area (Å²) in [4.78, 5) is 11.1. The van der Waals surface area contributed by atoms with E-state index in [-0.39, 0.29) is 0 Å². The Labute approximate surface area is 119 Å². The molecule has 4 nitrogen and oxygen atoms in total. The van der Waals surface area contributed by atoms with Crippen LogP contribution in [0.2, 0.25) is 0 Å². The molecule has 20 heavy (non-hydrogen) atoms. The first-order valence-electron chi connectivity index (χ1n) is 7.15. The SMILES string of the molecule is CN(c1ccc(CN)cc1)c1ncnc2c1CCCC2. The van der Waals surface area contributed by atoms with Gasteiger partial charge in [0.15, 0.2) is 0 Å². The summed E-state index contributed by atoms with van der Waals surface area (Å²) in [5, 5.41) is 0. The molecule has 0 radical (unpaired) electrons. The Morgan fingerprint density at radius 2 is 1.85 bits per heavy atom. The molecular formula is C16H20N4. The molecule has 2 aromatic rings. The number of rotatable bonds is 3. The van der Waals surface area contributed by atoms with E-state index in [4.69, 9.17) is 5.73 Å². The number of hydrogen-bond acceptors (Lipinski definition) is 4. The highest BCUT2D eigenvalue weighted by Gasteiger charge is 2.18. The van der Waals surface area contributed by atoms with Gasteiger partial charge in [-0.3, -0.25) is 0 Å². The van der Waals surface area contributed by atoms with Gasteiger partial charge in [0.1, 0.15) is 12.1 Å². The Hall–Kier alpha value is -1.94. The lowest BCUT2D eigenvalue weighted by atomic mass is 9.96. The van der Waals surface area contributed by atoms with Crippen molar-refractivity contribution >= 4 is 11.5 Å². The number of benzene rings is 1. The third-order valence-electron chi connectivity index (χ3n) is 3.98. The zero-order valence-electron chi connectivity index (χ0n) is 11.8. The Morgan fingerprint density at radius 1 is 1.10 bits per heavy atom. The fraction of sp³-hybridized carbons (Fsp3) is 0.375. The van der Waals surface area contributed by atoms with Gasteiger partial charge < -0.3 is 10.6 Å². The average molecular weight is 268 g/mol. The quantitative estimate of drug-likeness (QED) is 0.929. The van der Waals surface area contributed by atoms with Crippen LogP contribution in [0.1, 0.15) is 29.7 Å². The van der Waals surface area contributed by atoms with Crippen LogP contribution >= 0.6 is 0 Å². The number of nitrogens with two attached hydrogens (primary N) is 1. The van der Waals surface area contributed by atoms with Gasteiger partial charge in [0.2, 0.25) is 0 Å². The third kappa shape index (κ3) is 2.39. The summed E-state index contributed by atoms with van der Waals surface area (Å²) in [6.07, 6.45) is 6.30. The summed E-state index contributed by atoms with van der Waals surface area (Å²) in [5.41, 5.74) is 10.4. The van der Waals surface area contributed by atoms with Crippen LogP contribution in [0.15, 0.2) is 30.6 Å². The highest BCUT2D eigenvalue weighted by molar-refractivity contribution is 5.63. The van der Waals surface area contributed by atoms with Crippen molar-refractivity contribution in [3.05, 3.63) is 47.4 Å². The van der Waals surface area contributed by atoms with Crippen LogP contribution in [0.3, 0.4) is 0 Å². The molecule has 0 atom stereocenters. The lowest BCUT2D eigenvalue weighted by Crippen LogP contribution is -2.17. The molecule has 104 valence electrons. The minimum atomic E-state index is 0.576. The van der Waals surface area contributed by atoms with E-state index in [2.05, 4.69) is 46.2 Å². The van der Waals surface area contributed by atoms with Crippen molar-refractivity contribution in [2.45, 2.75) is 32.2 Å². The van der Waals surface area contributed by atoms with Crippen molar-refractivity contribution in [3.8, 4) is 0 Å². The van der Waals surface area contributed by atoms with Gasteiger partial charge in [-0.15, -0.1) is 0 Å². The fourth-order valence-electron chi connectivity index (χ4n) is 2.77. The van der Waals surface area contributed by atoms with E-state index in [1.807, 2.05) is 0 Å². The van der Waals surface area contributed by atoms with Gasteiger partial charge in [-0.2, -0.15) is 0 Å². The second-order valence-electron chi connectivity index (χ2n) is 5.26. The summed E-state index contributed by atoms with van der Waals surface area (Å²) in [6, 6.07) is 8.33. The van der Waals surface area contributed by atoms with Crippen LogP contribution < -0.4 is 10.6 Å². The van der Waals surface area contributed by atoms with Crippen molar-refractivity contribution in [1.29, 1.82) is 0 Å². The highest BCUT2D eigenvalue weighted by Crippen LogP contribution is 2.30. The topological polar surface area (TPSA) is 55.0 Å². The highest BCUT2D eigenvalue weighted by atomic mass is 15.2. The maximum Gasteiger partial charge on any atom is 0.139 e. The number of fused-ring (bicyclic) bond motifs is 1. The molecule has 0 aliphatic heterocycles. The number of anilines is 2. The van der Waals surface area contributed by atoms with Gasteiger partial charge >= 0.3 is 0 Å². The smallest absolute Gasteiger partial charge is 0.139 e. The maximum atomic E-state index is 5.64. The zero-order chi connectivity index (χ0) is 13.9. The molecule has 0 spiro atoms. The van der Waals surface area contributed by atoms with Gasteiger partial charge in [0.05, 0.1) is 0 Å². The summed E-state index contributed by atoms with van der Waals surface area (Å²) in [6.45, 7) is 0.576. The molecule has 0 amide bonds. The molecule has 1 aromatic carbocycles. The lowest BCUT2D eigenvalue weighted by Gasteiger charge is -2.24. The monoisotopic (exact) mass is 268 g/mol. The molecule has 0 saturated heterocycles. The van der Waals surface area contributed by atoms with E-state index >= 15 is 0 Å². The number of aromatic nitrogens is 2. The van der Waals surface area contributed by atoms with E-state index in [0.29, 0.717) is 6.54 Å². The molecule has 0 fully saturated rings. The first-order valence-corrected chi connectivity index (χ1v) is 7.15. The number of nitrogens with zero attached hydrogens (tertiary/aromatic N) is 3. The molecule has 1 aromatic heterocycles. The molecule has 3 rings (SSSR count). The Kier molecular flexibility index (Phi) is 3.65. The molecule has 0 bridgehead atoms. The van der Waals surface area contributed by atoms with Crippen LogP contribution in [0.25, 0.3) is 0 Å². The van der Waals surface area contributed by atoms with E-state index in [1.54, 1.807) is 6.33 Å². The third-order valence-corrected chi connectivity index (χ3v) is 3.98. The standard InChI is InChI=1S/C16H20N4/c1-20(13-8-6-12(10-17)7-9-13)16-14-4-2-3-5-15(14)18-11-19-16/h6-9,11H,2-5,10,17H2,1H3. The minimum Gasteiger partial charge on any atom is -0.329 e. The molecule has 0 unspecified atom stereocenters. The van der Waals surface area contributed by atoms with Crippen LogP contribution in [0.4, 0.5) is 11.5 Å². The van der Waals surface area contributed by atoms with Crippen LogP contribution in [0, 0.1) is 0 Å². The average Bonchev–Trinajstić information content (AvgIpc) is 2.54. The largest absolute Gasteiger partial charge is 0.329 e. The minimum absolute atomic E-state index is 0.576. The fourth-order valence-corrected chi connectivity index (χ4v) is 2.77. The van der Waals surface area contributed by atoms with Gasteiger partial charge in [0, 0.05) is 30.5 Å². The predicted molar refractivity (Wildman–Crippen MR) is 81.1 cm³/mol. The Bertz CT molecular complexity index is 592. The summed E-state index contributed by atoms with van der Waals surface area (Å²) >= 11 is 0. The van der Waals surface area contributed by atoms with Crippen LogP contribution in [0.5, 0.6) is 0 Å². The number of hydrogen-bond donors (Lipinski definition) is 1. The van der Waals surface area contributed by atoms with Gasteiger partial charge in [-0.25, -0.2) is 9.97 Å². The first-order chi connectivity index (χ1) is 9.79. The van der Waals surface area contributed by atoms with Crippen molar-refractivity contribution in [3.63, 3.8) is 0 Å². The zero-order valence-corrected chi connectivity index (χ0v) is 11.8. The van der Waals surface area contributed by atoms with E-state index in [9.17, 15) is 0 Å². The normalized spacial score (nSPS) is 13.9. The molecule has 0 saturated carbocycles. The first kappa shape index (κ1) is 13.1. The second-order valence-corrected chi connectivity index (χ2v) is 5.26. The second kappa shape index (κ2) is 5.59. The molecule has 1 aliphatic rings. The summed E-state index contributed by atoms with van der Waals surface area (Å²) in [7, 11) is 2.06. The lowest BCUT2D eigenvalue weighted by molar-refractivity contribution is 0.661. The van der Waals surface area contributed by atoms with E-state index in [1.165, 1.54) is 24.1 Å². The van der Waals surface area contributed by atoms with Gasteiger partial charge in [-0.1, -0.05) is 12.1 Å². The molecule has 1 heterocycles. The van der Waals surface area contributed by atoms with E-state index < -0.39 is 0 Å². The van der Waals surface area contributed by atoms with Crippen LogP contribution in [-0.4, -0.2) is 17.0 Å². The van der Waals surface area contributed by atoms with Crippen molar-refractivity contribution in [2.75, 3.05) is 11.9 Å². The van der Waals surface area contributed by atoms with Gasteiger partial charge in [0.25, 0.3) is 0 Å². The van der Waals surface area contributed by atoms with Crippen LogP contribution in [-0.2, 0) is 19.4 Å². The Balaban J connectivity index is 1.95. The van der Waals surface area contributed by atoms with Crippen molar-refractivity contribution in [1.82, 2.24) is 9.97 Å². The maximum absolute atomic E-state index is 5.64. The predicted octanol–water partition coefficient (Wildman–Crippen LogP) is 2.58. The summed E-state index contributed by atoms with van der Waals surface area (Å²) in [5.74, 6) is 1.04. The van der Waals surface area contributed by atoms with Crippen molar-refractivity contribution in [2.24, 2.45) is 5.73 Å². The van der Waals surface area contributed by atoms with Crippen molar-refractivity contribution < 1.29 is 0 Å². The molecule has 2 N–H and O–H groups in total. The Morgan fingerprint density at radius 3 is 2.60 bits per heavy atom. The van der Waals surface area contributed by atoms with E-state index in [0.717, 1.165) is 29.9 Å².